The summed E-state index contributed by atoms with van der Waals surface area (Å²) in [6.45, 7) is 4.06. The third kappa shape index (κ3) is 6.71. The van der Waals surface area contributed by atoms with Gasteiger partial charge in [0.25, 0.3) is 5.91 Å². The Morgan fingerprint density at radius 2 is 1.69 bits per heavy atom. The van der Waals surface area contributed by atoms with Crippen molar-refractivity contribution in [1.82, 2.24) is 9.88 Å². The number of β-amino-alcohol motifs (C(OH)–C–C–N with tert-alkyl or cyclic N) is 1. The number of pyridine rings is 1. The van der Waals surface area contributed by atoms with E-state index in [1.54, 1.807) is 38.6 Å². The lowest BCUT2D eigenvalue weighted by atomic mass is 10.1. The highest BCUT2D eigenvalue weighted by atomic mass is 16.5. The molecule has 1 aromatic heterocycles. The van der Waals surface area contributed by atoms with Crippen LogP contribution in [0.3, 0.4) is 0 Å². The molecular weight excluding hydrogens is 444 g/mol. The summed E-state index contributed by atoms with van der Waals surface area (Å²) < 4.78 is 10.5. The lowest BCUT2D eigenvalue weighted by molar-refractivity contribution is 0.102. The lowest BCUT2D eigenvalue weighted by Crippen LogP contribution is -2.49. The van der Waals surface area contributed by atoms with Gasteiger partial charge in [0.15, 0.2) is 0 Å². The largest absolute Gasteiger partial charge is 0.497 e. The van der Waals surface area contributed by atoms with E-state index >= 15 is 0 Å². The summed E-state index contributed by atoms with van der Waals surface area (Å²) in [6, 6.07) is 18.9. The maximum absolute atomic E-state index is 12.7. The topological polar surface area (TPSA) is 87.2 Å². The Morgan fingerprint density at radius 1 is 1.00 bits per heavy atom. The molecule has 2 heterocycles. The number of methoxy groups -OCH3 is 2. The van der Waals surface area contributed by atoms with Crippen LogP contribution in [-0.2, 0) is 6.42 Å². The molecule has 4 rings (SSSR count). The van der Waals surface area contributed by atoms with Gasteiger partial charge in [0.05, 0.1) is 32.2 Å². The quantitative estimate of drug-likeness (QED) is 0.491. The van der Waals surface area contributed by atoms with E-state index < -0.39 is 0 Å². The molecule has 2 N–H and O–H groups in total. The summed E-state index contributed by atoms with van der Waals surface area (Å²) in [5, 5.41) is 13.3. The van der Waals surface area contributed by atoms with E-state index in [9.17, 15) is 9.90 Å². The molecule has 0 bridgehead atoms. The Labute approximate surface area is 206 Å². The first kappa shape index (κ1) is 24.5. The van der Waals surface area contributed by atoms with E-state index in [0.717, 1.165) is 37.6 Å². The summed E-state index contributed by atoms with van der Waals surface area (Å²) in [6.07, 6.45) is 1.95. The first-order chi connectivity index (χ1) is 17.0. The second-order valence-corrected chi connectivity index (χ2v) is 8.59. The molecule has 184 valence electrons. The summed E-state index contributed by atoms with van der Waals surface area (Å²) in [5.74, 6) is 1.71. The Kier molecular flexibility index (Phi) is 8.18. The van der Waals surface area contributed by atoms with E-state index in [2.05, 4.69) is 20.1 Å². The summed E-state index contributed by atoms with van der Waals surface area (Å²) in [5.41, 5.74) is 2.21. The minimum absolute atomic E-state index is 0.264. The summed E-state index contributed by atoms with van der Waals surface area (Å²) in [4.78, 5) is 21.8. The number of rotatable bonds is 9. The Morgan fingerprint density at radius 3 is 2.29 bits per heavy atom. The van der Waals surface area contributed by atoms with Crippen molar-refractivity contribution in [3.05, 3.63) is 78.0 Å². The third-order valence-electron chi connectivity index (χ3n) is 6.10. The van der Waals surface area contributed by atoms with Gasteiger partial charge in [0, 0.05) is 44.4 Å². The highest BCUT2D eigenvalue weighted by Gasteiger charge is 2.20. The van der Waals surface area contributed by atoms with Gasteiger partial charge in [0.2, 0.25) is 0 Å². The number of ether oxygens (including phenoxy) is 2. The van der Waals surface area contributed by atoms with E-state index in [-0.39, 0.29) is 12.0 Å². The molecule has 1 aliphatic heterocycles. The monoisotopic (exact) mass is 476 g/mol. The maximum atomic E-state index is 12.7. The van der Waals surface area contributed by atoms with E-state index in [4.69, 9.17) is 9.47 Å². The number of piperazine rings is 1. The third-order valence-corrected chi connectivity index (χ3v) is 6.10. The number of aliphatic hydroxyl groups excluding tert-OH is 1. The van der Waals surface area contributed by atoms with Crippen LogP contribution in [0.2, 0.25) is 0 Å². The van der Waals surface area contributed by atoms with Gasteiger partial charge in [0.1, 0.15) is 17.3 Å². The van der Waals surface area contributed by atoms with Gasteiger partial charge in [-0.15, -0.1) is 0 Å². The standard InChI is InChI=1S/C27H32N4O4/c1-34-24-15-21(16-25(17-24)35-2)27(33)29-22-8-9-26(28-18-22)31-12-10-30(11-13-31)19-23(32)14-20-6-4-3-5-7-20/h3-9,15-18,23,32H,10-14,19H2,1-2H3,(H,29,33). The summed E-state index contributed by atoms with van der Waals surface area (Å²) >= 11 is 0. The molecule has 8 heteroatoms. The number of aromatic nitrogens is 1. The van der Waals surface area contributed by atoms with Gasteiger partial charge in [-0.3, -0.25) is 9.69 Å². The van der Waals surface area contributed by atoms with Crippen molar-refractivity contribution < 1.29 is 19.4 Å². The molecule has 2 aromatic carbocycles. The van der Waals surface area contributed by atoms with Crippen LogP contribution in [0, 0.1) is 0 Å². The van der Waals surface area contributed by atoms with Crippen LogP contribution in [0.4, 0.5) is 11.5 Å². The molecule has 35 heavy (non-hydrogen) atoms. The predicted octanol–water partition coefficient (Wildman–Crippen LogP) is 3.08. The molecule has 0 aliphatic carbocycles. The predicted molar refractivity (Wildman–Crippen MR) is 137 cm³/mol. The molecule has 8 nitrogen and oxygen atoms in total. The van der Waals surface area contributed by atoms with Crippen molar-refractivity contribution in [3.63, 3.8) is 0 Å². The van der Waals surface area contributed by atoms with E-state index in [0.29, 0.717) is 35.7 Å². The fourth-order valence-electron chi connectivity index (χ4n) is 4.20. The molecule has 1 unspecified atom stereocenters. The normalized spacial score (nSPS) is 14.9. The second-order valence-electron chi connectivity index (χ2n) is 8.59. The van der Waals surface area contributed by atoms with Gasteiger partial charge in [-0.2, -0.15) is 0 Å². The number of hydrogen-bond donors (Lipinski definition) is 2. The molecular formula is C27H32N4O4. The number of aliphatic hydroxyl groups is 1. The van der Waals surface area contributed by atoms with E-state index in [1.807, 2.05) is 42.5 Å². The van der Waals surface area contributed by atoms with Gasteiger partial charge >= 0.3 is 0 Å². The minimum atomic E-state index is -0.380. The van der Waals surface area contributed by atoms with Crippen molar-refractivity contribution in [3.8, 4) is 11.5 Å². The molecule has 0 spiro atoms. The number of anilines is 2. The highest BCUT2D eigenvalue weighted by molar-refractivity contribution is 6.04. The number of benzene rings is 2. The number of carbonyl (C=O) groups is 1. The average Bonchev–Trinajstić information content (AvgIpc) is 2.89. The highest BCUT2D eigenvalue weighted by Crippen LogP contribution is 2.23. The zero-order chi connectivity index (χ0) is 24.6. The Balaban J connectivity index is 1.27. The molecule has 1 aliphatic rings. The Bertz CT molecular complexity index is 1080. The zero-order valence-corrected chi connectivity index (χ0v) is 20.2. The van der Waals surface area contributed by atoms with E-state index in [1.165, 1.54) is 0 Å². The fraction of sp³-hybridized carbons (Fsp3) is 0.333. The number of hydrogen-bond acceptors (Lipinski definition) is 7. The fourth-order valence-corrected chi connectivity index (χ4v) is 4.20. The van der Waals surface area contributed by atoms with Crippen molar-refractivity contribution in [2.75, 3.05) is 57.2 Å². The van der Waals surface area contributed by atoms with Crippen LogP contribution >= 0.6 is 0 Å². The van der Waals surface area contributed by atoms with Crippen molar-refractivity contribution in [2.45, 2.75) is 12.5 Å². The van der Waals surface area contributed by atoms with Crippen molar-refractivity contribution >= 4 is 17.4 Å². The number of nitrogens with zero attached hydrogens (tertiary/aromatic N) is 3. The minimum Gasteiger partial charge on any atom is -0.497 e. The van der Waals surface area contributed by atoms with Crippen LogP contribution in [0.25, 0.3) is 0 Å². The first-order valence-corrected chi connectivity index (χ1v) is 11.7. The van der Waals surface area contributed by atoms with Gasteiger partial charge < -0.3 is 24.8 Å². The molecule has 0 saturated carbocycles. The summed E-state index contributed by atoms with van der Waals surface area (Å²) in [7, 11) is 3.09. The van der Waals surface area contributed by atoms with Crippen LogP contribution in [0.5, 0.6) is 11.5 Å². The lowest BCUT2D eigenvalue weighted by Gasteiger charge is -2.36. The van der Waals surface area contributed by atoms with Crippen molar-refractivity contribution in [2.24, 2.45) is 0 Å². The molecule has 1 amide bonds. The smallest absolute Gasteiger partial charge is 0.255 e. The number of amides is 1. The van der Waals surface area contributed by atoms with Gasteiger partial charge in [-0.05, 0) is 36.2 Å². The maximum Gasteiger partial charge on any atom is 0.255 e. The van der Waals surface area contributed by atoms with Crippen molar-refractivity contribution in [1.29, 1.82) is 0 Å². The molecule has 3 aromatic rings. The van der Waals surface area contributed by atoms with Crippen LogP contribution in [0.15, 0.2) is 66.9 Å². The van der Waals surface area contributed by atoms with Crippen LogP contribution < -0.4 is 19.7 Å². The molecule has 0 radical (unpaired) electrons. The number of carbonyl (C=O) groups excluding carboxylic acids is 1. The molecule has 1 saturated heterocycles. The van der Waals surface area contributed by atoms with Gasteiger partial charge in [-0.1, -0.05) is 30.3 Å². The molecule has 1 atom stereocenters. The Hall–Kier alpha value is -3.62. The molecule has 1 fully saturated rings. The number of nitrogens with one attached hydrogen (secondary N) is 1. The van der Waals surface area contributed by atoms with Gasteiger partial charge in [-0.25, -0.2) is 4.98 Å². The first-order valence-electron chi connectivity index (χ1n) is 11.7. The zero-order valence-electron chi connectivity index (χ0n) is 20.2. The average molecular weight is 477 g/mol. The second kappa shape index (κ2) is 11.7. The SMILES string of the molecule is COc1cc(OC)cc(C(=O)Nc2ccc(N3CCN(CC(O)Cc4ccccc4)CC3)nc2)c1. The van der Waals surface area contributed by atoms with Crippen LogP contribution in [-0.4, -0.2) is 73.9 Å². The van der Waals surface area contributed by atoms with Crippen LogP contribution in [0.1, 0.15) is 15.9 Å².